The zero-order chi connectivity index (χ0) is 19.1. The largest absolute Gasteiger partial charge is 0.309 e. The van der Waals surface area contributed by atoms with E-state index in [4.69, 9.17) is 5.41 Å². The molecule has 1 rings (SSSR count). The van der Waals surface area contributed by atoms with E-state index in [1.807, 2.05) is 19.9 Å². The number of rotatable bonds is 7. The van der Waals surface area contributed by atoms with Gasteiger partial charge in [-0.25, -0.2) is 0 Å². The predicted molar refractivity (Wildman–Crippen MR) is 114 cm³/mol. The maximum absolute atomic E-state index is 7.00. The molecular formula is C24H33N. The summed E-state index contributed by atoms with van der Waals surface area (Å²) < 4.78 is 0. The highest BCUT2D eigenvalue weighted by atomic mass is 14.3. The number of hydrogen-bond acceptors (Lipinski definition) is 1. The molecule has 0 spiro atoms. The lowest BCUT2D eigenvalue weighted by Crippen LogP contribution is -1.95. The van der Waals surface area contributed by atoms with Crippen LogP contribution < -0.4 is 0 Å². The first-order valence-corrected chi connectivity index (χ1v) is 8.90. The topological polar surface area (TPSA) is 23.9 Å². The van der Waals surface area contributed by atoms with E-state index in [1.165, 1.54) is 28.5 Å². The van der Waals surface area contributed by atoms with Crippen LogP contribution in [0.3, 0.4) is 0 Å². The molecule has 0 aliphatic carbocycles. The Bertz CT molecular complexity index is 655. The van der Waals surface area contributed by atoms with Gasteiger partial charge in [0.1, 0.15) is 0 Å². The van der Waals surface area contributed by atoms with E-state index < -0.39 is 0 Å². The van der Waals surface area contributed by atoms with Gasteiger partial charge in [0.25, 0.3) is 0 Å². The number of nitrogens with one attached hydrogen (secondary N) is 1. The first kappa shape index (κ1) is 22.7. The van der Waals surface area contributed by atoms with E-state index in [0.29, 0.717) is 5.92 Å². The van der Waals surface area contributed by atoms with Gasteiger partial charge < -0.3 is 5.41 Å². The molecule has 1 heteroatoms. The molecule has 0 aliphatic heterocycles. The molecule has 1 aromatic carbocycles. The van der Waals surface area contributed by atoms with E-state index in [-0.39, 0.29) is 0 Å². The van der Waals surface area contributed by atoms with Gasteiger partial charge in [-0.05, 0) is 69.2 Å². The molecule has 134 valence electrons. The van der Waals surface area contributed by atoms with Gasteiger partial charge in [0.15, 0.2) is 0 Å². The first-order valence-electron chi connectivity index (χ1n) is 8.90. The third-order valence-corrected chi connectivity index (χ3v) is 3.54. The second-order valence-corrected chi connectivity index (χ2v) is 6.33. The van der Waals surface area contributed by atoms with Crippen molar-refractivity contribution in [2.24, 2.45) is 5.92 Å². The molecule has 0 aliphatic rings. The van der Waals surface area contributed by atoms with Crippen molar-refractivity contribution < 1.29 is 0 Å². The summed E-state index contributed by atoms with van der Waals surface area (Å²) in [5, 5.41) is 7.00. The highest BCUT2D eigenvalue weighted by molar-refractivity contribution is 5.75. The lowest BCUT2D eigenvalue weighted by Gasteiger charge is -2.09. The van der Waals surface area contributed by atoms with Crippen molar-refractivity contribution in [1.29, 1.82) is 5.41 Å². The Hall–Kier alpha value is -2.33. The van der Waals surface area contributed by atoms with Gasteiger partial charge in [-0.1, -0.05) is 61.9 Å². The molecule has 0 saturated carbocycles. The highest BCUT2D eigenvalue weighted by Crippen LogP contribution is 2.21. The third-order valence-electron chi connectivity index (χ3n) is 3.54. The Balaban J connectivity index is 0.00000129. The fourth-order valence-corrected chi connectivity index (χ4v) is 2.33. The first-order chi connectivity index (χ1) is 12.0. The van der Waals surface area contributed by atoms with Gasteiger partial charge in [-0.2, -0.15) is 0 Å². The second kappa shape index (κ2) is 14.1. The minimum absolute atomic E-state index is 0.679. The Labute approximate surface area is 155 Å². The Morgan fingerprint density at radius 1 is 1.20 bits per heavy atom. The van der Waals surface area contributed by atoms with Crippen LogP contribution in [0.1, 0.15) is 59.1 Å². The smallest absolute Gasteiger partial charge is 0.0174 e. The van der Waals surface area contributed by atoms with Crippen LogP contribution in [-0.4, -0.2) is 6.21 Å². The summed E-state index contributed by atoms with van der Waals surface area (Å²) in [5.74, 6) is 6.04. The van der Waals surface area contributed by atoms with Crippen molar-refractivity contribution in [2.75, 3.05) is 0 Å². The van der Waals surface area contributed by atoms with Crippen LogP contribution in [0.2, 0.25) is 0 Å². The summed E-state index contributed by atoms with van der Waals surface area (Å²) in [6, 6.07) is 8.83. The normalized spacial score (nSPS) is 11.6. The molecule has 0 atom stereocenters. The van der Waals surface area contributed by atoms with Crippen molar-refractivity contribution in [3.05, 3.63) is 65.3 Å². The molecule has 1 nitrogen and oxygen atoms in total. The van der Waals surface area contributed by atoms with Gasteiger partial charge in [0.2, 0.25) is 0 Å². The SMILES string of the molecule is C/C=C(\C=C(/C)C/C=C\C=N)c1cccc(CC(C)C)c1.CC#CC. The van der Waals surface area contributed by atoms with Crippen molar-refractivity contribution in [3.8, 4) is 11.8 Å². The van der Waals surface area contributed by atoms with Crippen LogP contribution in [0.15, 0.2) is 54.1 Å². The van der Waals surface area contributed by atoms with E-state index in [0.717, 1.165) is 12.8 Å². The van der Waals surface area contributed by atoms with E-state index in [1.54, 1.807) is 6.08 Å². The van der Waals surface area contributed by atoms with Gasteiger partial charge in [-0.15, -0.1) is 11.8 Å². The monoisotopic (exact) mass is 335 g/mol. The number of benzene rings is 1. The lowest BCUT2D eigenvalue weighted by atomic mass is 9.96. The van der Waals surface area contributed by atoms with Crippen LogP contribution in [-0.2, 0) is 6.42 Å². The minimum Gasteiger partial charge on any atom is -0.309 e. The van der Waals surface area contributed by atoms with E-state index in [9.17, 15) is 0 Å². The summed E-state index contributed by atoms with van der Waals surface area (Å²) in [4.78, 5) is 0. The lowest BCUT2D eigenvalue weighted by molar-refractivity contribution is 0.647. The maximum Gasteiger partial charge on any atom is 0.0174 e. The quantitative estimate of drug-likeness (QED) is 0.320. The summed E-state index contributed by atoms with van der Waals surface area (Å²) in [7, 11) is 0. The van der Waals surface area contributed by atoms with E-state index >= 15 is 0 Å². The van der Waals surface area contributed by atoms with E-state index in [2.05, 4.69) is 76.0 Å². The molecule has 0 saturated heterocycles. The molecule has 1 aromatic rings. The van der Waals surface area contributed by atoms with Crippen molar-refractivity contribution in [2.45, 2.75) is 54.4 Å². The van der Waals surface area contributed by atoms with Crippen molar-refractivity contribution in [3.63, 3.8) is 0 Å². The van der Waals surface area contributed by atoms with Gasteiger partial charge >= 0.3 is 0 Å². The van der Waals surface area contributed by atoms with Gasteiger partial charge in [0, 0.05) is 6.21 Å². The average molecular weight is 336 g/mol. The third kappa shape index (κ3) is 11.0. The molecule has 25 heavy (non-hydrogen) atoms. The second-order valence-electron chi connectivity index (χ2n) is 6.33. The number of allylic oxidation sites excluding steroid dienone is 6. The van der Waals surface area contributed by atoms with Crippen LogP contribution >= 0.6 is 0 Å². The fourth-order valence-electron chi connectivity index (χ4n) is 2.33. The summed E-state index contributed by atoms with van der Waals surface area (Å²) >= 11 is 0. The molecule has 0 bridgehead atoms. The standard InChI is InChI=1S/C20H27N.C4H6/c1-5-19(14-17(4)9-6-7-12-21)20-11-8-10-18(15-20)13-16(2)3;1-3-4-2/h5-8,10-12,14-16,21H,9,13H2,1-4H3;1-2H3/b7-6-,17-14+,19-5+,21-12?;. The molecule has 0 fully saturated rings. The minimum atomic E-state index is 0.679. The van der Waals surface area contributed by atoms with Crippen LogP contribution in [0, 0.1) is 23.2 Å². The zero-order valence-corrected chi connectivity index (χ0v) is 16.7. The Morgan fingerprint density at radius 2 is 1.88 bits per heavy atom. The Kier molecular flexibility index (Phi) is 12.7. The highest BCUT2D eigenvalue weighted by Gasteiger charge is 2.02. The van der Waals surface area contributed by atoms with Crippen molar-refractivity contribution in [1.82, 2.24) is 0 Å². The van der Waals surface area contributed by atoms with Crippen molar-refractivity contribution >= 4 is 11.8 Å². The molecule has 0 heterocycles. The fraction of sp³-hybridized carbons (Fsp3) is 0.375. The molecular weight excluding hydrogens is 302 g/mol. The molecule has 0 unspecified atom stereocenters. The molecule has 1 N–H and O–H groups in total. The summed E-state index contributed by atoms with van der Waals surface area (Å²) in [5.41, 5.74) is 5.25. The van der Waals surface area contributed by atoms with Gasteiger partial charge in [-0.3, -0.25) is 0 Å². The average Bonchev–Trinajstić information content (AvgIpc) is 2.59. The zero-order valence-electron chi connectivity index (χ0n) is 16.7. The summed E-state index contributed by atoms with van der Waals surface area (Å²) in [6.45, 7) is 12.4. The number of hydrogen-bond donors (Lipinski definition) is 1. The van der Waals surface area contributed by atoms with Crippen LogP contribution in [0.4, 0.5) is 0 Å². The Morgan fingerprint density at radius 3 is 2.40 bits per heavy atom. The predicted octanol–water partition coefficient (Wildman–Crippen LogP) is 6.86. The van der Waals surface area contributed by atoms with Crippen LogP contribution in [0.5, 0.6) is 0 Å². The van der Waals surface area contributed by atoms with Gasteiger partial charge in [0.05, 0.1) is 0 Å². The molecule has 0 radical (unpaired) electrons. The molecule has 0 aromatic heterocycles. The van der Waals surface area contributed by atoms with Crippen LogP contribution in [0.25, 0.3) is 5.57 Å². The summed E-state index contributed by atoms with van der Waals surface area (Å²) in [6.07, 6.45) is 11.5. The molecule has 0 amide bonds. The maximum atomic E-state index is 7.00.